The van der Waals surface area contributed by atoms with Crippen molar-refractivity contribution in [1.29, 1.82) is 0 Å². The van der Waals surface area contributed by atoms with Gasteiger partial charge in [0.1, 0.15) is 5.69 Å². The summed E-state index contributed by atoms with van der Waals surface area (Å²) in [5.74, 6) is -1.71. The molecule has 3 aliphatic rings. The fourth-order valence-corrected chi connectivity index (χ4v) is 7.16. The highest BCUT2D eigenvalue weighted by Crippen LogP contribution is 2.51. The molecule has 4 aromatic rings. The quantitative estimate of drug-likeness (QED) is 0.141. The topological polar surface area (TPSA) is 113 Å². The highest BCUT2D eigenvalue weighted by atomic mass is 32.1. The zero-order chi connectivity index (χ0) is 29.8. The summed E-state index contributed by atoms with van der Waals surface area (Å²) in [6, 6.07) is 25.1. The number of rotatable bonds is 6. The zero-order valence-electron chi connectivity index (χ0n) is 23.1. The van der Waals surface area contributed by atoms with Crippen LogP contribution in [0.1, 0.15) is 72.9 Å². The van der Waals surface area contributed by atoms with E-state index in [2.05, 4.69) is 51.7 Å². The third-order valence-corrected chi connectivity index (χ3v) is 9.19. The molecule has 2 aliphatic carbocycles. The van der Waals surface area contributed by atoms with Crippen molar-refractivity contribution in [2.24, 2.45) is 4.36 Å². The molecule has 0 amide bonds. The summed E-state index contributed by atoms with van der Waals surface area (Å²) in [4.78, 5) is 40.1. The number of nitrogen functional groups attached to an aromatic ring is 1. The first-order valence-electron chi connectivity index (χ1n) is 14.2. The Morgan fingerprint density at radius 2 is 1.72 bits per heavy atom. The second-order valence-electron chi connectivity index (χ2n) is 11.3. The van der Waals surface area contributed by atoms with E-state index >= 15 is 0 Å². The van der Waals surface area contributed by atoms with Crippen molar-refractivity contribution in [3.05, 3.63) is 118 Å². The lowest BCUT2D eigenvalue weighted by Gasteiger charge is -2.27. The van der Waals surface area contributed by atoms with Crippen LogP contribution in [0.5, 0.6) is 0 Å². The van der Waals surface area contributed by atoms with Gasteiger partial charge in [0.2, 0.25) is 0 Å². The predicted octanol–water partition coefficient (Wildman–Crippen LogP) is 7.11. The summed E-state index contributed by atoms with van der Waals surface area (Å²) >= 11 is 5.11. The lowest BCUT2D eigenvalue weighted by molar-refractivity contribution is 0.0696. The summed E-state index contributed by atoms with van der Waals surface area (Å²) < 4.78 is 4.02. The number of Topliss-reactive ketones (excluding diaryl/α,β-unsaturated/α-hetero) is 2. The molecule has 1 saturated carbocycles. The number of aromatic carboxylic acids is 1. The maximum Gasteiger partial charge on any atom is 0.335 e. The average molecular weight is 586 g/mol. The Morgan fingerprint density at radius 3 is 2.49 bits per heavy atom. The maximum absolute atomic E-state index is 13.1. The van der Waals surface area contributed by atoms with Crippen molar-refractivity contribution in [1.82, 2.24) is 0 Å². The molecule has 7 rings (SSSR count). The van der Waals surface area contributed by atoms with Crippen LogP contribution in [-0.2, 0) is 19.0 Å². The molecule has 0 saturated heterocycles. The van der Waals surface area contributed by atoms with Crippen LogP contribution in [0.3, 0.4) is 0 Å². The molecule has 1 fully saturated rings. The van der Waals surface area contributed by atoms with E-state index in [1.54, 1.807) is 6.07 Å². The number of ketones is 2. The highest BCUT2D eigenvalue weighted by Gasteiger charge is 2.41. The first-order chi connectivity index (χ1) is 20.9. The molecule has 43 heavy (non-hydrogen) atoms. The standard InChI is InChI=1S/C35H27N3O4S/c36-31-23(20-11-14-30-26(15-20)24-7-4-8-29(24)38(30)18-19-5-2-1-3-6-19)12-9-21(32(31)37-43)16-28-33(39)25-13-10-22(35(41)42)17-27(25)34(28)40/h1-3,5-6,9-17,24,29H,4,7-8,18,36H2,(H,41,42)/b28-16-. The third-order valence-electron chi connectivity index (χ3n) is 9.01. The fourth-order valence-electron chi connectivity index (χ4n) is 6.96. The number of hydrogen-bond acceptors (Lipinski definition) is 7. The van der Waals surface area contributed by atoms with Gasteiger partial charge in [0.05, 0.1) is 16.8 Å². The van der Waals surface area contributed by atoms with Gasteiger partial charge in [0, 0.05) is 58.9 Å². The van der Waals surface area contributed by atoms with Crippen LogP contribution in [0.2, 0.25) is 0 Å². The molecule has 4 aromatic carbocycles. The Kier molecular flexibility index (Phi) is 6.51. The lowest BCUT2D eigenvalue weighted by atomic mass is 9.92. The SMILES string of the molecule is Nc1c(-c2ccc3c(c2)C2CCCC2N3Cc2ccccc2)ccc(/C=C2/C(=O)c3ccc(C(=O)O)cc3C2=O)c1N=S. The van der Waals surface area contributed by atoms with Crippen LogP contribution >= 0.6 is 0 Å². The van der Waals surface area contributed by atoms with Crippen molar-refractivity contribution in [3.8, 4) is 11.1 Å². The number of carbonyl (C=O) groups excluding carboxylic acids is 2. The number of carbonyl (C=O) groups is 3. The number of fused-ring (bicyclic) bond motifs is 4. The molecule has 7 nitrogen and oxygen atoms in total. The van der Waals surface area contributed by atoms with Gasteiger partial charge in [0.15, 0.2) is 11.6 Å². The van der Waals surface area contributed by atoms with E-state index < -0.39 is 17.5 Å². The van der Waals surface area contributed by atoms with E-state index in [0.717, 1.165) is 24.1 Å². The minimum absolute atomic E-state index is 0.0579. The number of carboxylic acids is 1. The predicted molar refractivity (Wildman–Crippen MR) is 169 cm³/mol. The largest absolute Gasteiger partial charge is 0.478 e. The Labute approximate surface area is 253 Å². The minimum atomic E-state index is -1.17. The van der Waals surface area contributed by atoms with Gasteiger partial charge < -0.3 is 15.7 Å². The van der Waals surface area contributed by atoms with Gasteiger partial charge in [-0.1, -0.05) is 55.0 Å². The number of nitrogens with zero attached hydrogens (tertiary/aromatic N) is 2. The molecule has 0 spiro atoms. The van der Waals surface area contributed by atoms with E-state index in [1.165, 1.54) is 53.9 Å². The molecular formula is C35H27N3O4S. The second kappa shape index (κ2) is 10.4. The number of carboxylic acid groups (broad SMARTS) is 1. The molecular weight excluding hydrogens is 558 g/mol. The summed E-state index contributed by atoms with van der Waals surface area (Å²) in [6.07, 6.45) is 4.97. The van der Waals surface area contributed by atoms with Gasteiger partial charge in [-0.3, -0.25) is 9.59 Å². The van der Waals surface area contributed by atoms with E-state index in [1.807, 2.05) is 12.1 Å². The van der Waals surface area contributed by atoms with Gasteiger partial charge in [-0.25, -0.2) is 4.79 Å². The van der Waals surface area contributed by atoms with E-state index in [0.29, 0.717) is 28.9 Å². The van der Waals surface area contributed by atoms with Gasteiger partial charge in [-0.2, -0.15) is 4.36 Å². The van der Waals surface area contributed by atoms with Gasteiger partial charge >= 0.3 is 5.97 Å². The number of benzene rings is 4. The van der Waals surface area contributed by atoms with Crippen LogP contribution in [0.25, 0.3) is 17.2 Å². The smallest absolute Gasteiger partial charge is 0.335 e. The Bertz CT molecular complexity index is 1900. The normalized spacial score (nSPS) is 19.4. The number of hydrogen-bond donors (Lipinski definition) is 2. The van der Waals surface area contributed by atoms with Gasteiger partial charge in [-0.05, 0) is 65.9 Å². The van der Waals surface area contributed by atoms with Crippen LogP contribution in [-0.4, -0.2) is 28.7 Å². The molecule has 2 unspecified atom stereocenters. The molecule has 0 bridgehead atoms. The fraction of sp³-hybridized carbons (Fsp3) is 0.171. The Morgan fingerprint density at radius 1 is 0.953 bits per heavy atom. The number of anilines is 2. The molecule has 0 radical (unpaired) electrons. The monoisotopic (exact) mass is 585 g/mol. The zero-order valence-corrected chi connectivity index (χ0v) is 23.9. The van der Waals surface area contributed by atoms with Gasteiger partial charge in [0.25, 0.3) is 0 Å². The molecule has 2 atom stereocenters. The van der Waals surface area contributed by atoms with E-state index in [9.17, 15) is 19.5 Å². The van der Waals surface area contributed by atoms with Crippen LogP contribution in [0.15, 0.2) is 88.8 Å². The highest BCUT2D eigenvalue weighted by molar-refractivity contribution is 7.47. The van der Waals surface area contributed by atoms with Crippen LogP contribution in [0, 0.1) is 0 Å². The summed E-state index contributed by atoms with van der Waals surface area (Å²) in [5, 5.41) is 9.31. The Balaban J connectivity index is 1.24. The number of nitrogens with two attached hydrogens (primary N) is 1. The van der Waals surface area contributed by atoms with Crippen molar-refractivity contribution < 1.29 is 19.5 Å². The average Bonchev–Trinajstić information content (AvgIpc) is 3.67. The summed E-state index contributed by atoms with van der Waals surface area (Å²) in [7, 11) is 0. The van der Waals surface area contributed by atoms with Crippen molar-refractivity contribution in [3.63, 3.8) is 0 Å². The molecule has 1 heterocycles. The van der Waals surface area contributed by atoms with Crippen molar-refractivity contribution in [2.45, 2.75) is 37.8 Å². The Hall–Kier alpha value is -4.95. The maximum atomic E-state index is 13.1. The summed E-state index contributed by atoms with van der Waals surface area (Å²) in [5.41, 5.74) is 13.5. The first kappa shape index (κ1) is 26.9. The van der Waals surface area contributed by atoms with Gasteiger partial charge in [-0.15, -0.1) is 0 Å². The molecule has 1 aliphatic heterocycles. The first-order valence-corrected chi connectivity index (χ1v) is 14.6. The van der Waals surface area contributed by atoms with Crippen LogP contribution < -0.4 is 10.6 Å². The van der Waals surface area contributed by atoms with Crippen LogP contribution in [0.4, 0.5) is 17.1 Å². The summed E-state index contributed by atoms with van der Waals surface area (Å²) in [6.45, 7) is 0.873. The number of allylic oxidation sites excluding steroid dienone is 1. The lowest BCUT2D eigenvalue weighted by Crippen LogP contribution is -2.30. The molecule has 212 valence electrons. The third kappa shape index (κ3) is 4.37. The van der Waals surface area contributed by atoms with Crippen molar-refractivity contribution in [2.75, 3.05) is 10.6 Å². The van der Waals surface area contributed by atoms with Crippen molar-refractivity contribution >= 4 is 53.1 Å². The minimum Gasteiger partial charge on any atom is -0.478 e. The van der Waals surface area contributed by atoms with E-state index in [4.69, 9.17) is 18.2 Å². The molecule has 8 heteroatoms. The second-order valence-corrected chi connectivity index (χ2v) is 11.5. The molecule has 3 N–H and O–H groups in total. The molecule has 0 aromatic heterocycles. The van der Waals surface area contributed by atoms with E-state index in [-0.39, 0.29) is 22.3 Å².